The number of rotatable bonds is 5. The minimum Gasteiger partial charge on any atom is -0.381 e. The van der Waals surface area contributed by atoms with E-state index in [0.29, 0.717) is 30.7 Å². The van der Waals surface area contributed by atoms with Crippen molar-refractivity contribution in [2.45, 2.75) is 29.5 Å². The molecule has 2 heterocycles. The van der Waals surface area contributed by atoms with Crippen molar-refractivity contribution in [2.75, 3.05) is 18.5 Å². The lowest BCUT2D eigenvalue weighted by Crippen LogP contribution is -2.19. The zero-order chi connectivity index (χ0) is 16.9. The Balaban J connectivity index is 1.70. The summed E-state index contributed by atoms with van der Waals surface area (Å²) in [6.07, 6.45) is 5.08. The molecule has 1 aromatic heterocycles. The molecule has 24 heavy (non-hydrogen) atoms. The number of amides is 1. The van der Waals surface area contributed by atoms with E-state index < -0.39 is 11.7 Å². The van der Waals surface area contributed by atoms with Gasteiger partial charge in [0.1, 0.15) is 0 Å². The van der Waals surface area contributed by atoms with Crippen molar-refractivity contribution in [3.63, 3.8) is 0 Å². The van der Waals surface area contributed by atoms with Crippen LogP contribution in [0.4, 0.5) is 14.5 Å². The molecule has 0 unspecified atom stereocenters. The molecule has 2 aromatic rings. The van der Waals surface area contributed by atoms with Gasteiger partial charge in [0.15, 0.2) is 0 Å². The number of ether oxygens (including phenoxy) is 1. The smallest absolute Gasteiger partial charge is 0.288 e. The SMILES string of the molecule is O=C(Nc1cnn(C2CCOCC2)c1)c1ccccc1SC(F)F. The van der Waals surface area contributed by atoms with Gasteiger partial charge in [0, 0.05) is 24.3 Å². The van der Waals surface area contributed by atoms with Crippen LogP contribution < -0.4 is 5.32 Å². The van der Waals surface area contributed by atoms with E-state index >= 15 is 0 Å². The maximum absolute atomic E-state index is 12.6. The largest absolute Gasteiger partial charge is 0.381 e. The second-order valence-corrected chi connectivity index (χ2v) is 6.41. The van der Waals surface area contributed by atoms with Crippen molar-refractivity contribution >= 4 is 23.4 Å². The molecule has 0 spiro atoms. The van der Waals surface area contributed by atoms with Crippen LogP contribution in [0.3, 0.4) is 0 Å². The summed E-state index contributed by atoms with van der Waals surface area (Å²) in [5.41, 5.74) is 0.768. The quantitative estimate of drug-likeness (QED) is 0.831. The van der Waals surface area contributed by atoms with E-state index in [1.807, 2.05) is 4.68 Å². The number of carbonyl (C=O) groups excluding carboxylic acids is 1. The molecule has 128 valence electrons. The number of carbonyl (C=O) groups is 1. The van der Waals surface area contributed by atoms with Gasteiger partial charge < -0.3 is 10.1 Å². The molecular formula is C16H17F2N3O2S. The molecular weight excluding hydrogens is 336 g/mol. The Hall–Kier alpha value is -1.93. The van der Waals surface area contributed by atoms with Gasteiger partial charge in [0.2, 0.25) is 0 Å². The molecule has 1 N–H and O–H groups in total. The lowest BCUT2D eigenvalue weighted by atomic mass is 10.1. The molecule has 1 aliphatic heterocycles. The molecule has 0 bridgehead atoms. The highest BCUT2D eigenvalue weighted by molar-refractivity contribution is 7.99. The molecule has 3 rings (SSSR count). The summed E-state index contributed by atoms with van der Waals surface area (Å²) in [6.45, 7) is 1.40. The standard InChI is InChI=1S/C16H17F2N3O2S/c17-16(18)24-14-4-2-1-3-13(14)15(22)20-11-9-19-21(10-11)12-5-7-23-8-6-12/h1-4,9-10,12,16H,5-8H2,(H,20,22). The van der Waals surface area contributed by atoms with E-state index in [1.165, 1.54) is 12.1 Å². The van der Waals surface area contributed by atoms with Crippen LogP contribution in [0.1, 0.15) is 29.2 Å². The fourth-order valence-electron chi connectivity index (χ4n) is 2.60. The third kappa shape index (κ3) is 4.12. The molecule has 1 amide bonds. The summed E-state index contributed by atoms with van der Waals surface area (Å²) in [6, 6.07) is 6.58. The minimum absolute atomic E-state index is 0.224. The summed E-state index contributed by atoms with van der Waals surface area (Å²) in [7, 11) is 0. The van der Waals surface area contributed by atoms with Crippen LogP contribution in [-0.4, -0.2) is 34.7 Å². The average molecular weight is 353 g/mol. The van der Waals surface area contributed by atoms with Crippen LogP contribution in [0.15, 0.2) is 41.6 Å². The van der Waals surface area contributed by atoms with Gasteiger partial charge in [0.25, 0.3) is 11.7 Å². The molecule has 8 heteroatoms. The van der Waals surface area contributed by atoms with Crippen LogP contribution >= 0.6 is 11.8 Å². The zero-order valence-corrected chi connectivity index (χ0v) is 13.6. The van der Waals surface area contributed by atoms with Crippen molar-refractivity contribution in [1.29, 1.82) is 0 Å². The molecule has 1 saturated heterocycles. The molecule has 0 radical (unpaired) electrons. The Bertz CT molecular complexity index is 702. The van der Waals surface area contributed by atoms with E-state index in [0.717, 1.165) is 12.8 Å². The topological polar surface area (TPSA) is 56.2 Å². The second kappa shape index (κ2) is 7.76. The first-order chi connectivity index (χ1) is 11.6. The number of benzene rings is 1. The maximum Gasteiger partial charge on any atom is 0.288 e. The number of anilines is 1. The van der Waals surface area contributed by atoms with Crippen molar-refractivity contribution in [3.05, 3.63) is 42.2 Å². The van der Waals surface area contributed by atoms with E-state index in [2.05, 4.69) is 10.4 Å². The summed E-state index contributed by atoms with van der Waals surface area (Å²) in [5, 5.41) is 7.00. The summed E-state index contributed by atoms with van der Waals surface area (Å²) in [5.74, 6) is -3.00. The summed E-state index contributed by atoms with van der Waals surface area (Å²) < 4.78 is 32.4. The fourth-order valence-corrected chi connectivity index (χ4v) is 3.24. The molecule has 1 aromatic carbocycles. The lowest BCUT2D eigenvalue weighted by Gasteiger charge is -2.22. The lowest BCUT2D eigenvalue weighted by molar-refractivity contribution is 0.0662. The Labute approximate surface area is 142 Å². The number of nitrogens with one attached hydrogen (secondary N) is 1. The molecule has 0 saturated carbocycles. The Morgan fingerprint density at radius 1 is 1.33 bits per heavy atom. The highest BCUT2D eigenvalue weighted by atomic mass is 32.2. The van der Waals surface area contributed by atoms with E-state index in [4.69, 9.17) is 4.74 Å². The number of hydrogen-bond donors (Lipinski definition) is 1. The molecule has 0 aliphatic carbocycles. The number of thioether (sulfide) groups is 1. The molecule has 0 atom stereocenters. The van der Waals surface area contributed by atoms with Gasteiger partial charge in [-0.1, -0.05) is 23.9 Å². The number of hydrogen-bond acceptors (Lipinski definition) is 4. The van der Waals surface area contributed by atoms with E-state index in [9.17, 15) is 13.6 Å². The van der Waals surface area contributed by atoms with Gasteiger partial charge in [-0.2, -0.15) is 13.9 Å². The third-order valence-electron chi connectivity index (χ3n) is 3.77. The van der Waals surface area contributed by atoms with Crippen LogP contribution in [0.2, 0.25) is 0 Å². The van der Waals surface area contributed by atoms with Gasteiger partial charge in [-0.25, -0.2) is 0 Å². The first-order valence-corrected chi connectivity index (χ1v) is 8.48. The van der Waals surface area contributed by atoms with Crippen LogP contribution in [0, 0.1) is 0 Å². The Kier molecular flexibility index (Phi) is 5.47. The molecule has 1 aliphatic rings. The van der Waals surface area contributed by atoms with Crippen LogP contribution in [0.5, 0.6) is 0 Å². The van der Waals surface area contributed by atoms with Crippen molar-refractivity contribution in [2.24, 2.45) is 0 Å². The van der Waals surface area contributed by atoms with Crippen LogP contribution in [-0.2, 0) is 4.74 Å². The first-order valence-electron chi connectivity index (χ1n) is 7.60. The van der Waals surface area contributed by atoms with Crippen molar-refractivity contribution < 1.29 is 18.3 Å². The van der Waals surface area contributed by atoms with Gasteiger partial charge in [-0.05, 0) is 25.0 Å². The number of alkyl halides is 2. The predicted octanol–water partition coefficient (Wildman–Crippen LogP) is 3.80. The maximum atomic E-state index is 12.6. The fraction of sp³-hybridized carbons (Fsp3) is 0.375. The zero-order valence-electron chi connectivity index (χ0n) is 12.8. The number of halogens is 2. The summed E-state index contributed by atoms with van der Waals surface area (Å²) in [4.78, 5) is 12.6. The highest BCUT2D eigenvalue weighted by Crippen LogP contribution is 2.29. The molecule has 5 nitrogen and oxygen atoms in total. The normalized spacial score (nSPS) is 15.6. The summed E-state index contributed by atoms with van der Waals surface area (Å²) >= 11 is 0.363. The van der Waals surface area contributed by atoms with Crippen LogP contribution in [0.25, 0.3) is 0 Å². The average Bonchev–Trinajstić information content (AvgIpc) is 3.04. The third-order valence-corrected chi connectivity index (χ3v) is 4.56. The van der Waals surface area contributed by atoms with E-state index in [1.54, 1.807) is 24.5 Å². The molecule has 1 fully saturated rings. The minimum atomic E-state index is -2.57. The van der Waals surface area contributed by atoms with Gasteiger partial charge in [0.05, 0.1) is 23.5 Å². The number of aromatic nitrogens is 2. The highest BCUT2D eigenvalue weighted by Gasteiger charge is 2.18. The Morgan fingerprint density at radius 2 is 2.08 bits per heavy atom. The van der Waals surface area contributed by atoms with E-state index in [-0.39, 0.29) is 16.5 Å². The Morgan fingerprint density at radius 3 is 2.83 bits per heavy atom. The predicted molar refractivity (Wildman–Crippen MR) is 87.6 cm³/mol. The van der Waals surface area contributed by atoms with Gasteiger partial charge in [-0.15, -0.1) is 0 Å². The van der Waals surface area contributed by atoms with Gasteiger partial charge in [-0.3, -0.25) is 9.48 Å². The van der Waals surface area contributed by atoms with Crippen molar-refractivity contribution in [3.8, 4) is 0 Å². The van der Waals surface area contributed by atoms with Gasteiger partial charge >= 0.3 is 0 Å². The second-order valence-electron chi connectivity index (χ2n) is 5.38. The monoisotopic (exact) mass is 353 g/mol. The van der Waals surface area contributed by atoms with Crippen molar-refractivity contribution in [1.82, 2.24) is 9.78 Å². The first kappa shape index (κ1) is 16.9. The number of nitrogens with zero attached hydrogens (tertiary/aromatic N) is 2.